The number of benzene rings is 1. The van der Waals surface area contributed by atoms with Crippen LogP contribution in [0.15, 0.2) is 24.4 Å². The number of aromatic amines is 1. The normalized spacial score (nSPS) is 12.6. The van der Waals surface area contributed by atoms with Crippen LogP contribution in [0, 0.1) is 5.82 Å². The molecule has 1 heterocycles. The van der Waals surface area contributed by atoms with E-state index in [1.54, 1.807) is 19.2 Å². The summed E-state index contributed by atoms with van der Waals surface area (Å²) in [6.45, 7) is 2.07. The second-order valence-electron chi connectivity index (χ2n) is 4.29. The number of rotatable bonds is 4. The zero-order valence-corrected chi connectivity index (χ0v) is 10.0. The molecule has 0 bridgehead atoms. The molecule has 0 fully saturated rings. The Balaban J connectivity index is 2.13. The van der Waals surface area contributed by atoms with E-state index in [2.05, 4.69) is 10.3 Å². The SMILES string of the molecule is CC(O)CCNC(=O)c1c[nH]c2cc(F)ccc12. The topological polar surface area (TPSA) is 65.1 Å². The minimum Gasteiger partial charge on any atom is -0.393 e. The number of fused-ring (bicyclic) bond motifs is 1. The number of aliphatic hydroxyl groups is 1. The minimum atomic E-state index is -0.442. The Hall–Kier alpha value is -1.88. The number of H-pyrrole nitrogens is 1. The Kier molecular flexibility index (Phi) is 3.62. The zero-order chi connectivity index (χ0) is 13.1. The average molecular weight is 250 g/mol. The van der Waals surface area contributed by atoms with Gasteiger partial charge in [0.15, 0.2) is 0 Å². The summed E-state index contributed by atoms with van der Waals surface area (Å²) in [6.07, 6.45) is 1.62. The van der Waals surface area contributed by atoms with Gasteiger partial charge in [-0.3, -0.25) is 4.79 Å². The van der Waals surface area contributed by atoms with E-state index >= 15 is 0 Å². The van der Waals surface area contributed by atoms with Crippen LogP contribution in [0.2, 0.25) is 0 Å². The Labute approximate surface area is 104 Å². The maximum absolute atomic E-state index is 13.0. The summed E-state index contributed by atoms with van der Waals surface area (Å²) in [5.41, 5.74) is 1.08. The Morgan fingerprint density at radius 3 is 3.06 bits per heavy atom. The maximum Gasteiger partial charge on any atom is 0.253 e. The van der Waals surface area contributed by atoms with E-state index in [1.807, 2.05) is 0 Å². The molecule has 1 aromatic carbocycles. The lowest BCUT2D eigenvalue weighted by Crippen LogP contribution is -2.26. The highest BCUT2D eigenvalue weighted by Gasteiger charge is 2.12. The summed E-state index contributed by atoms with van der Waals surface area (Å²) in [7, 11) is 0. The fourth-order valence-electron chi connectivity index (χ4n) is 1.78. The third-order valence-corrected chi connectivity index (χ3v) is 2.74. The van der Waals surface area contributed by atoms with Gasteiger partial charge in [0.25, 0.3) is 5.91 Å². The zero-order valence-electron chi connectivity index (χ0n) is 10.0. The van der Waals surface area contributed by atoms with Crippen LogP contribution in [-0.4, -0.2) is 28.6 Å². The van der Waals surface area contributed by atoms with Crippen molar-refractivity contribution in [3.05, 3.63) is 35.8 Å². The van der Waals surface area contributed by atoms with Crippen molar-refractivity contribution in [2.24, 2.45) is 0 Å². The number of halogens is 1. The average Bonchev–Trinajstić information content (AvgIpc) is 2.71. The first-order valence-corrected chi connectivity index (χ1v) is 5.81. The summed E-state index contributed by atoms with van der Waals surface area (Å²) < 4.78 is 13.0. The Morgan fingerprint density at radius 2 is 2.33 bits per heavy atom. The van der Waals surface area contributed by atoms with Crippen molar-refractivity contribution in [3.63, 3.8) is 0 Å². The third-order valence-electron chi connectivity index (χ3n) is 2.74. The molecule has 2 aromatic rings. The molecule has 0 aliphatic carbocycles. The molecule has 1 atom stereocenters. The van der Waals surface area contributed by atoms with Crippen molar-refractivity contribution >= 4 is 16.8 Å². The number of nitrogens with one attached hydrogen (secondary N) is 2. The van der Waals surface area contributed by atoms with Crippen LogP contribution in [0.3, 0.4) is 0 Å². The van der Waals surface area contributed by atoms with Gasteiger partial charge in [-0.15, -0.1) is 0 Å². The van der Waals surface area contributed by atoms with Gasteiger partial charge in [0.2, 0.25) is 0 Å². The van der Waals surface area contributed by atoms with Crippen molar-refractivity contribution < 1.29 is 14.3 Å². The van der Waals surface area contributed by atoms with Crippen molar-refractivity contribution in [2.75, 3.05) is 6.54 Å². The van der Waals surface area contributed by atoms with Crippen LogP contribution in [0.25, 0.3) is 10.9 Å². The van der Waals surface area contributed by atoms with Crippen molar-refractivity contribution in [2.45, 2.75) is 19.4 Å². The first kappa shape index (κ1) is 12.6. The predicted octanol–water partition coefficient (Wildman–Crippen LogP) is 1.81. The van der Waals surface area contributed by atoms with Gasteiger partial charge in [-0.05, 0) is 31.5 Å². The van der Waals surface area contributed by atoms with Gasteiger partial charge in [0, 0.05) is 23.6 Å². The van der Waals surface area contributed by atoms with E-state index < -0.39 is 6.10 Å². The minimum absolute atomic E-state index is 0.228. The molecule has 0 aliphatic rings. The molecule has 3 N–H and O–H groups in total. The molecule has 1 amide bonds. The number of hydrogen-bond donors (Lipinski definition) is 3. The molecule has 0 spiro atoms. The summed E-state index contributed by atoms with van der Waals surface area (Å²) in [6, 6.07) is 4.25. The van der Waals surface area contributed by atoms with Crippen LogP contribution in [0.1, 0.15) is 23.7 Å². The van der Waals surface area contributed by atoms with Gasteiger partial charge in [-0.25, -0.2) is 4.39 Å². The number of amides is 1. The standard InChI is InChI=1S/C13H15FN2O2/c1-8(17)4-5-15-13(18)11-7-16-12-6-9(14)2-3-10(11)12/h2-3,6-8,16-17H,4-5H2,1H3,(H,15,18). The van der Waals surface area contributed by atoms with Gasteiger partial charge >= 0.3 is 0 Å². The van der Waals surface area contributed by atoms with Gasteiger partial charge in [-0.1, -0.05) is 0 Å². The predicted molar refractivity (Wildman–Crippen MR) is 66.9 cm³/mol. The van der Waals surface area contributed by atoms with Crippen molar-refractivity contribution in [1.82, 2.24) is 10.3 Å². The highest BCUT2D eigenvalue weighted by molar-refractivity contribution is 6.06. The molecule has 1 aromatic heterocycles. The largest absolute Gasteiger partial charge is 0.393 e. The molecule has 0 radical (unpaired) electrons. The second kappa shape index (κ2) is 5.18. The molecule has 4 nitrogen and oxygen atoms in total. The quantitative estimate of drug-likeness (QED) is 0.774. The highest BCUT2D eigenvalue weighted by Crippen LogP contribution is 2.19. The van der Waals surface area contributed by atoms with E-state index in [0.717, 1.165) is 0 Å². The van der Waals surface area contributed by atoms with Crippen LogP contribution >= 0.6 is 0 Å². The molecule has 96 valence electrons. The van der Waals surface area contributed by atoms with E-state index in [0.29, 0.717) is 29.4 Å². The molecular formula is C13H15FN2O2. The van der Waals surface area contributed by atoms with Gasteiger partial charge < -0.3 is 15.4 Å². The first-order valence-electron chi connectivity index (χ1n) is 5.81. The maximum atomic E-state index is 13.0. The monoisotopic (exact) mass is 250 g/mol. The Bertz CT molecular complexity index is 563. The fourth-order valence-corrected chi connectivity index (χ4v) is 1.78. The van der Waals surface area contributed by atoms with Crippen molar-refractivity contribution in [1.29, 1.82) is 0 Å². The van der Waals surface area contributed by atoms with Crippen LogP contribution in [-0.2, 0) is 0 Å². The summed E-state index contributed by atoms with van der Waals surface area (Å²) in [5.74, 6) is -0.570. The van der Waals surface area contributed by atoms with Crippen LogP contribution in [0.5, 0.6) is 0 Å². The number of hydrogen-bond acceptors (Lipinski definition) is 2. The molecule has 2 rings (SSSR count). The van der Waals surface area contributed by atoms with Gasteiger partial charge in [0.1, 0.15) is 5.82 Å². The smallest absolute Gasteiger partial charge is 0.253 e. The lowest BCUT2D eigenvalue weighted by Gasteiger charge is -2.05. The van der Waals surface area contributed by atoms with E-state index in [4.69, 9.17) is 5.11 Å². The lowest BCUT2D eigenvalue weighted by atomic mass is 10.1. The number of carbonyl (C=O) groups is 1. The molecule has 1 unspecified atom stereocenters. The molecular weight excluding hydrogens is 235 g/mol. The van der Waals surface area contributed by atoms with E-state index in [9.17, 15) is 9.18 Å². The van der Waals surface area contributed by atoms with Crippen LogP contribution < -0.4 is 5.32 Å². The van der Waals surface area contributed by atoms with E-state index in [-0.39, 0.29) is 11.7 Å². The molecule has 5 heteroatoms. The molecule has 0 saturated carbocycles. The summed E-state index contributed by atoms with van der Waals surface area (Å²) >= 11 is 0. The summed E-state index contributed by atoms with van der Waals surface area (Å²) in [4.78, 5) is 14.7. The number of aromatic nitrogens is 1. The van der Waals surface area contributed by atoms with Crippen molar-refractivity contribution in [3.8, 4) is 0 Å². The summed E-state index contributed by atoms with van der Waals surface area (Å²) in [5, 5.41) is 12.5. The number of carbonyl (C=O) groups excluding carboxylic acids is 1. The highest BCUT2D eigenvalue weighted by atomic mass is 19.1. The molecule has 0 aliphatic heterocycles. The lowest BCUT2D eigenvalue weighted by molar-refractivity contribution is 0.0947. The van der Waals surface area contributed by atoms with E-state index in [1.165, 1.54) is 12.1 Å². The third kappa shape index (κ3) is 2.68. The molecule has 18 heavy (non-hydrogen) atoms. The fraction of sp³-hybridized carbons (Fsp3) is 0.308. The first-order chi connectivity index (χ1) is 8.58. The molecule has 0 saturated heterocycles. The van der Waals surface area contributed by atoms with Gasteiger partial charge in [-0.2, -0.15) is 0 Å². The second-order valence-corrected chi connectivity index (χ2v) is 4.29. The van der Waals surface area contributed by atoms with Gasteiger partial charge in [0.05, 0.1) is 11.7 Å². The van der Waals surface area contributed by atoms with Crippen LogP contribution in [0.4, 0.5) is 4.39 Å². The Morgan fingerprint density at radius 1 is 1.56 bits per heavy atom. The number of aliphatic hydroxyl groups excluding tert-OH is 1.